The molecule has 0 atom stereocenters. The van der Waals surface area contributed by atoms with E-state index < -0.39 is 10.0 Å². The lowest BCUT2D eigenvalue weighted by molar-refractivity contribution is 0.151. The zero-order valence-corrected chi connectivity index (χ0v) is 20.7. The number of hydrogen-bond acceptors (Lipinski definition) is 8. The fourth-order valence-corrected chi connectivity index (χ4v) is 5.82. The van der Waals surface area contributed by atoms with Crippen LogP contribution in [0.15, 0.2) is 46.3 Å². The molecule has 0 spiro atoms. The molecule has 0 unspecified atom stereocenters. The van der Waals surface area contributed by atoms with Crippen molar-refractivity contribution < 1.29 is 18.3 Å². The Kier molecular flexibility index (Phi) is 6.75. The van der Waals surface area contributed by atoms with Crippen LogP contribution in [0.4, 0.5) is 0 Å². The molecule has 3 N–H and O–H groups in total. The Morgan fingerprint density at radius 2 is 1.92 bits per heavy atom. The molecule has 12 heteroatoms. The molecule has 5 rings (SSSR count). The van der Waals surface area contributed by atoms with Crippen LogP contribution < -0.4 is 10.3 Å². The largest absolute Gasteiger partial charge is 0.493 e. The lowest BCUT2D eigenvalue weighted by Gasteiger charge is -2.33. The van der Waals surface area contributed by atoms with Gasteiger partial charge in [0.1, 0.15) is 11.6 Å². The van der Waals surface area contributed by atoms with Crippen LogP contribution in [0.5, 0.6) is 5.75 Å². The van der Waals surface area contributed by atoms with Gasteiger partial charge in [0.25, 0.3) is 5.56 Å². The fourth-order valence-electron chi connectivity index (χ4n) is 4.37. The summed E-state index contributed by atoms with van der Waals surface area (Å²) in [6.45, 7) is 4.72. The lowest BCUT2D eigenvalue weighted by Crippen LogP contribution is -2.49. The first-order valence-corrected chi connectivity index (χ1v) is 13.3. The minimum absolute atomic E-state index is 0.0396. The number of nitrogens with one attached hydrogen (secondary N) is 2. The standard InChI is InChI=1S/C24H28N6O5S/c1-2-11-35-22-4-3-16(36(33,34)30-7-5-29(6-8-30)9-10-31)12-18(22)23-27-19-14-21-20(25-15-26-21)13-17(19)24(32)28-23/h3-4,12-15,31H,2,5-11H2,1H3,(H,25,26)(H,27,28,32). The average molecular weight is 513 g/mol. The third-order valence-electron chi connectivity index (χ3n) is 6.30. The van der Waals surface area contributed by atoms with Crippen molar-refractivity contribution in [3.8, 4) is 17.1 Å². The third-order valence-corrected chi connectivity index (χ3v) is 8.19. The number of fused-ring (bicyclic) bond motifs is 2. The van der Waals surface area contributed by atoms with Gasteiger partial charge in [0.15, 0.2) is 0 Å². The third kappa shape index (κ3) is 4.60. The van der Waals surface area contributed by atoms with E-state index in [1.807, 2.05) is 11.8 Å². The van der Waals surface area contributed by atoms with Gasteiger partial charge in [0.2, 0.25) is 10.0 Å². The van der Waals surface area contributed by atoms with Crippen LogP contribution in [0, 0.1) is 0 Å². The topological polar surface area (TPSA) is 145 Å². The number of hydrogen-bond donors (Lipinski definition) is 3. The number of imidazole rings is 1. The monoisotopic (exact) mass is 512 g/mol. The molecule has 0 aliphatic carbocycles. The van der Waals surface area contributed by atoms with E-state index in [4.69, 9.17) is 9.84 Å². The van der Waals surface area contributed by atoms with Gasteiger partial charge in [0, 0.05) is 32.7 Å². The van der Waals surface area contributed by atoms with E-state index in [0.29, 0.717) is 67.1 Å². The summed E-state index contributed by atoms with van der Waals surface area (Å²) in [6.07, 6.45) is 2.31. The summed E-state index contributed by atoms with van der Waals surface area (Å²) in [5.74, 6) is 0.658. The molecule has 0 radical (unpaired) electrons. The van der Waals surface area contributed by atoms with Gasteiger partial charge in [-0.3, -0.25) is 9.69 Å². The maximum Gasteiger partial charge on any atom is 0.259 e. The van der Waals surface area contributed by atoms with Crippen molar-refractivity contribution in [1.82, 2.24) is 29.1 Å². The minimum Gasteiger partial charge on any atom is -0.493 e. The van der Waals surface area contributed by atoms with Gasteiger partial charge >= 0.3 is 0 Å². The first-order chi connectivity index (χ1) is 17.4. The molecular formula is C24H28N6O5S. The van der Waals surface area contributed by atoms with E-state index in [0.717, 1.165) is 11.9 Å². The molecule has 0 saturated carbocycles. The predicted molar refractivity (Wildman–Crippen MR) is 136 cm³/mol. The van der Waals surface area contributed by atoms with Gasteiger partial charge in [0.05, 0.1) is 51.9 Å². The molecule has 4 aromatic rings. The zero-order valence-electron chi connectivity index (χ0n) is 19.9. The molecule has 2 aromatic carbocycles. The number of sulfonamides is 1. The summed E-state index contributed by atoms with van der Waals surface area (Å²) in [6, 6.07) is 8.06. The molecular weight excluding hydrogens is 484 g/mol. The van der Waals surface area contributed by atoms with Crippen molar-refractivity contribution in [1.29, 1.82) is 0 Å². The molecule has 1 aliphatic heterocycles. The molecule has 36 heavy (non-hydrogen) atoms. The molecule has 3 heterocycles. The molecule has 1 aliphatic rings. The van der Waals surface area contributed by atoms with E-state index in [9.17, 15) is 13.2 Å². The smallest absolute Gasteiger partial charge is 0.259 e. The number of β-amino-alcohol motifs (C(OH)–C–C–N with tert-alkyl or cyclic N) is 1. The summed E-state index contributed by atoms with van der Waals surface area (Å²) in [5, 5.41) is 9.55. The highest BCUT2D eigenvalue weighted by Gasteiger charge is 2.29. The maximum absolute atomic E-state index is 13.5. The molecule has 11 nitrogen and oxygen atoms in total. The Hall–Kier alpha value is -3.32. The maximum atomic E-state index is 13.5. The summed E-state index contributed by atoms with van der Waals surface area (Å²) < 4.78 is 34.3. The van der Waals surface area contributed by atoms with Crippen molar-refractivity contribution in [2.24, 2.45) is 0 Å². The van der Waals surface area contributed by atoms with Gasteiger partial charge in [-0.15, -0.1) is 0 Å². The summed E-state index contributed by atoms with van der Waals surface area (Å²) in [5.41, 5.74) is 1.89. The SMILES string of the molecule is CCCOc1ccc(S(=O)(=O)N2CCN(CCO)CC2)cc1-c1nc2cc3nc[nH]c3cc2c(=O)[nH]1. The Morgan fingerprint density at radius 3 is 2.67 bits per heavy atom. The number of ether oxygens (including phenoxy) is 1. The van der Waals surface area contributed by atoms with Gasteiger partial charge in [-0.25, -0.2) is 18.4 Å². The van der Waals surface area contributed by atoms with Crippen LogP contribution >= 0.6 is 0 Å². The number of piperazine rings is 1. The van der Waals surface area contributed by atoms with E-state index >= 15 is 0 Å². The van der Waals surface area contributed by atoms with Gasteiger partial charge in [-0.2, -0.15) is 4.31 Å². The van der Waals surface area contributed by atoms with Crippen molar-refractivity contribution >= 4 is 32.0 Å². The number of benzene rings is 2. The van der Waals surface area contributed by atoms with E-state index in [1.54, 1.807) is 24.5 Å². The Balaban J connectivity index is 1.57. The molecule has 0 bridgehead atoms. The Bertz CT molecular complexity index is 1560. The highest BCUT2D eigenvalue weighted by Crippen LogP contribution is 2.32. The Morgan fingerprint density at radius 1 is 1.11 bits per heavy atom. The second-order valence-electron chi connectivity index (χ2n) is 8.68. The Labute approximate surface area is 207 Å². The summed E-state index contributed by atoms with van der Waals surface area (Å²) >= 11 is 0. The first kappa shape index (κ1) is 24.4. The van der Waals surface area contributed by atoms with E-state index in [1.165, 1.54) is 16.4 Å². The number of aliphatic hydroxyl groups is 1. The van der Waals surface area contributed by atoms with Crippen LogP contribution in [-0.2, 0) is 10.0 Å². The highest BCUT2D eigenvalue weighted by molar-refractivity contribution is 7.89. The fraction of sp³-hybridized carbons (Fsp3) is 0.375. The average Bonchev–Trinajstić information content (AvgIpc) is 3.34. The van der Waals surface area contributed by atoms with Crippen LogP contribution in [0.3, 0.4) is 0 Å². The highest BCUT2D eigenvalue weighted by atomic mass is 32.2. The normalized spacial score (nSPS) is 15.6. The molecule has 2 aromatic heterocycles. The van der Waals surface area contributed by atoms with E-state index in [2.05, 4.69) is 19.9 Å². The van der Waals surface area contributed by atoms with Crippen LogP contribution in [-0.4, -0.2) is 88.6 Å². The minimum atomic E-state index is -3.79. The zero-order chi connectivity index (χ0) is 25.3. The van der Waals surface area contributed by atoms with Crippen LogP contribution in [0.2, 0.25) is 0 Å². The van der Waals surface area contributed by atoms with Crippen LogP contribution in [0.25, 0.3) is 33.3 Å². The molecule has 0 amide bonds. The number of H-pyrrole nitrogens is 2. The lowest BCUT2D eigenvalue weighted by atomic mass is 10.1. The van der Waals surface area contributed by atoms with Crippen molar-refractivity contribution in [2.45, 2.75) is 18.2 Å². The number of nitrogens with zero attached hydrogens (tertiary/aromatic N) is 4. The van der Waals surface area contributed by atoms with Crippen molar-refractivity contribution in [2.75, 3.05) is 45.9 Å². The molecule has 1 fully saturated rings. The van der Waals surface area contributed by atoms with Crippen LogP contribution in [0.1, 0.15) is 13.3 Å². The van der Waals surface area contributed by atoms with E-state index in [-0.39, 0.29) is 22.9 Å². The van der Waals surface area contributed by atoms with Crippen molar-refractivity contribution in [3.63, 3.8) is 0 Å². The van der Waals surface area contributed by atoms with Gasteiger partial charge in [-0.1, -0.05) is 6.92 Å². The number of aromatic amines is 2. The molecule has 190 valence electrons. The first-order valence-electron chi connectivity index (χ1n) is 11.9. The summed E-state index contributed by atoms with van der Waals surface area (Å²) in [7, 11) is -3.79. The van der Waals surface area contributed by atoms with Gasteiger partial charge < -0.3 is 19.8 Å². The van der Waals surface area contributed by atoms with Crippen molar-refractivity contribution in [3.05, 3.63) is 47.0 Å². The quantitative estimate of drug-likeness (QED) is 0.323. The summed E-state index contributed by atoms with van der Waals surface area (Å²) in [4.78, 5) is 29.7. The second-order valence-corrected chi connectivity index (χ2v) is 10.6. The second kappa shape index (κ2) is 9.97. The number of aromatic nitrogens is 4. The predicted octanol–water partition coefficient (Wildman–Crippen LogP) is 1.55. The molecule has 1 saturated heterocycles. The number of rotatable bonds is 8. The van der Waals surface area contributed by atoms with Gasteiger partial charge in [-0.05, 0) is 36.8 Å². The number of aliphatic hydroxyl groups excluding tert-OH is 1.